The van der Waals surface area contributed by atoms with E-state index in [-0.39, 0.29) is 11.2 Å². The summed E-state index contributed by atoms with van der Waals surface area (Å²) in [6, 6.07) is 16.9. The number of hydrogen-bond donors (Lipinski definition) is 0. The van der Waals surface area contributed by atoms with Crippen LogP contribution in [0.3, 0.4) is 0 Å². The van der Waals surface area contributed by atoms with Gasteiger partial charge < -0.3 is 4.74 Å². The van der Waals surface area contributed by atoms with Crippen molar-refractivity contribution >= 4 is 17.8 Å². The number of benzene rings is 2. The molecule has 3 nitrogen and oxygen atoms in total. The molecule has 0 saturated heterocycles. The summed E-state index contributed by atoms with van der Waals surface area (Å²) in [4.78, 5) is 24.3. The fourth-order valence-electron chi connectivity index (χ4n) is 2.36. The highest BCUT2D eigenvalue weighted by Crippen LogP contribution is 2.22. The van der Waals surface area contributed by atoms with Crippen LogP contribution in [0.25, 0.3) is 6.08 Å². The largest absolute Gasteiger partial charge is 0.451 e. The molecule has 130 valence electrons. The second kappa shape index (κ2) is 7.93. The predicted molar refractivity (Wildman–Crippen MR) is 101 cm³/mol. The SMILES string of the molecule is C[C@@H](OC(=O)/C=C/c1ccccc1)C(=O)c1ccc(C(C)(C)C)cc1. The summed E-state index contributed by atoms with van der Waals surface area (Å²) >= 11 is 0. The lowest BCUT2D eigenvalue weighted by Crippen LogP contribution is -2.23. The smallest absolute Gasteiger partial charge is 0.331 e. The summed E-state index contributed by atoms with van der Waals surface area (Å²) in [5.41, 5.74) is 2.62. The van der Waals surface area contributed by atoms with Crippen LogP contribution in [0, 0.1) is 0 Å². The van der Waals surface area contributed by atoms with Crippen molar-refractivity contribution < 1.29 is 14.3 Å². The van der Waals surface area contributed by atoms with Gasteiger partial charge in [-0.15, -0.1) is 0 Å². The lowest BCUT2D eigenvalue weighted by molar-refractivity contribution is -0.140. The number of Topliss-reactive ketones (excluding diaryl/α,β-unsaturated/α-hetero) is 1. The van der Waals surface area contributed by atoms with Gasteiger partial charge in [-0.25, -0.2) is 4.79 Å². The van der Waals surface area contributed by atoms with Crippen molar-refractivity contribution in [1.82, 2.24) is 0 Å². The third kappa shape index (κ3) is 5.42. The normalized spacial score (nSPS) is 12.8. The Balaban J connectivity index is 1.98. The van der Waals surface area contributed by atoms with Gasteiger partial charge in [-0.05, 0) is 29.5 Å². The maximum absolute atomic E-state index is 12.4. The van der Waals surface area contributed by atoms with Gasteiger partial charge in [0.2, 0.25) is 5.78 Å². The average Bonchev–Trinajstić information content (AvgIpc) is 2.59. The van der Waals surface area contributed by atoms with Gasteiger partial charge in [0.05, 0.1) is 0 Å². The van der Waals surface area contributed by atoms with E-state index in [9.17, 15) is 9.59 Å². The van der Waals surface area contributed by atoms with Crippen molar-refractivity contribution in [3.8, 4) is 0 Å². The molecule has 3 heteroatoms. The van der Waals surface area contributed by atoms with Crippen molar-refractivity contribution in [2.75, 3.05) is 0 Å². The highest BCUT2D eigenvalue weighted by molar-refractivity contribution is 6.01. The van der Waals surface area contributed by atoms with Crippen LogP contribution in [0.2, 0.25) is 0 Å². The van der Waals surface area contributed by atoms with E-state index < -0.39 is 12.1 Å². The van der Waals surface area contributed by atoms with Gasteiger partial charge in [0.15, 0.2) is 6.10 Å². The molecule has 2 aromatic rings. The lowest BCUT2D eigenvalue weighted by Gasteiger charge is -2.19. The van der Waals surface area contributed by atoms with Crippen molar-refractivity contribution in [2.24, 2.45) is 0 Å². The van der Waals surface area contributed by atoms with Gasteiger partial charge in [0.25, 0.3) is 0 Å². The Morgan fingerprint density at radius 2 is 1.56 bits per heavy atom. The quantitative estimate of drug-likeness (QED) is 0.447. The molecule has 0 amide bonds. The molecule has 0 aliphatic carbocycles. The number of esters is 1. The van der Waals surface area contributed by atoms with E-state index in [0.29, 0.717) is 5.56 Å². The van der Waals surface area contributed by atoms with Crippen molar-refractivity contribution in [2.45, 2.75) is 39.2 Å². The minimum absolute atomic E-state index is 0.0297. The topological polar surface area (TPSA) is 43.4 Å². The summed E-state index contributed by atoms with van der Waals surface area (Å²) in [6.45, 7) is 7.95. The molecule has 0 aliphatic rings. The third-order valence-electron chi connectivity index (χ3n) is 3.91. The van der Waals surface area contributed by atoms with Crippen LogP contribution >= 0.6 is 0 Å². The first-order valence-corrected chi connectivity index (χ1v) is 8.36. The number of ketones is 1. The zero-order valence-electron chi connectivity index (χ0n) is 15.2. The first-order chi connectivity index (χ1) is 11.8. The summed E-state index contributed by atoms with van der Waals surface area (Å²) in [5.74, 6) is -0.738. The minimum atomic E-state index is -0.826. The molecular formula is C22H24O3. The number of carbonyl (C=O) groups excluding carboxylic acids is 2. The number of ether oxygens (including phenoxy) is 1. The second-order valence-corrected chi connectivity index (χ2v) is 7.01. The van der Waals surface area contributed by atoms with Gasteiger partial charge >= 0.3 is 5.97 Å². The van der Waals surface area contributed by atoms with E-state index in [0.717, 1.165) is 11.1 Å². The molecule has 0 spiro atoms. The Labute approximate surface area is 149 Å². The maximum Gasteiger partial charge on any atom is 0.331 e. The van der Waals surface area contributed by atoms with E-state index in [2.05, 4.69) is 20.8 Å². The first kappa shape index (κ1) is 18.7. The molecule has 0 fully saturated rings. The van der Waals surface area contributed by atoms with Crippen molar-refractivity contribution in [3.05, 3.63) is 77.4 Å². The van der Waals surface area contributed by atoms with Gasteiger partial charge in [-0.1, -0.05) is 75.4 Å². The van der Waals surface area contributed by atoms with E-state index in [1.165, 1.54) is 6.08 Å². The molecular weight excluding hydrogens is 312 g/mol. The van der Waals surface area contributed by atoms with E-state index in [1.54, 1.807) is 25.1 Å². The molecule has 0 N–H and O–H groups in total. The van der Waals surface area contributed by atoms with Crippen molar-refractivity contribution in [1.29, 1.82) is 0 Å². The molecule has 0 radical (unpaired) electrons. The fourth-order valence-corrected chi connectivity index (χ4v) is 2.36. The van der Waals surface area contributed by atoms with Gasteiger partial charge in [0, 0.05) is 11.6 Å². The highest BCUT2D eigenvalue weighted by Gasteiger charge is 2.20. The minimum Gasteiger partial charge on any atom is -0.451 e. The Morgan fingerprint density at radius 3 is 2.12 bits per heavy atom. The molecule has 0 aliphatic heterocycles. The zero-order valence-corrected chi connectivity index (χ0v) is 15.2. The van der Waals surface area contributed by atoms with Crippen LogP contribution in [0.5, 0.6) is 0 Å². The molecule has 2 aromatic carbocycles. The zero-order chi connectivity index (χ0) is 18.4. The van der Waals surface area contributed by atoms with Crippen LogP contribution in [-0.4, -0.2) is 17.9 Å². The summed E-state index contributed by atoms with van der Waals surface area (Å²) in [5, 5.41) is 0. The Kier molecular flexibility index (Phi) is 5.92. The van der Waals surface area contributed by atoms with E-state index >= 15 is 0 Å². The standard InChI is InChI=1S/C22H24O3/c1-16(25-20(23)15-10-17-8-6-5-7-9-17)21(24)18-11-13-19(14-12-18)22(2,3)4/h5-16H,1-4H3/b15-10+/t16-/m1/s1. The summed E-state index contributed by atoms with van der Waals surface area (Å²) in [6.07, 6.45) is 2.17. The Morgan fingerprint density at radius 1 is 0.960 bits per heavy atom. The molecule has 0 heterocycles. The van der Waals surface area contributed by atoms with Crippen LogP contribution in [0.15, 0.2) is 60.7 Å². The average molecular weight is 336 g/mol. The molecule has 2 rings (SSSR count). The third-order valence-corrected chi connectivity index (χ3v) is 3.91. The first-order valence-electron chi connectivity index (χ1n) is 8.36. The van der Waals surface area contributed by atoms with Crippen LogP contribution in [0.1, 0.15) is 49.2 Å². The number of carbonyl (C=O) groups is 2. The van der Waals surface area contributed by atoms with Crippen LogP contribution < -0.4 is 0 Å². The fraction of sp³-hybridized carbons (Fsp3) is 0.273. The summed E-state index contributed by atoms with van der Waals surface area (Å²) < 4.78 is 5.21. The van der Waals surface area contributed by atoms with E-state index in [1.807, 2.05) is 42.5 Å². The molecule has 0 saturated carbocycles. The molecule has 0 unspecified atom stereocenters. The van der Waals surface area contributed by atoms with Gasteiger partial charge in [0.1, 0.15) is 0 Å². The Bertz CT molecular complexity index is 750. The van der Waals surface area contributed by atoms with Gasteiger partial charge in [-0.2, -0.15) is 0 Å². The van der Waals surface area contributed by atoms with Crippen molar-refractivity contribution in [3.63, 3.8) is 0 Å². The molecule has 1 atom stereocenters. The monoisotopic (exact) mass is 336 g/mol. The number of hydrogen-bond acceptors (Lipinski definition) is 3. The molecule has 0 bridgehead atoms. The predicted octanol–water partition coefficient (Wildman–Crippen LogP) is 4.81. The van der Waals surface area contributed by atoms with E-state index in [4.69, 9.17) is 4.74 Å². The highest BCUT2D eigenvalue weighted by atomic mass is 16.5. The van der Waals surface area contributed by atoms with Crippen LogP contribution in [0.4, 0.5) is 0 Å². The second-order valence-electron chi connectivity index (χ2n) is 7.01. The maximum atomic E-state index is 12.4. The number of rotatable bonds is 5. The summed E-state index contributed by atoms with van der Waals surface area (Å²) in [7, 11) is 0. The Hall–Kier alpha value is -2.68. The molecule has 25 heavy (non-hydrogen) atoms. The lowest BCUT2D eigenvalue weighted by atomic mass is 9.86. The van der Waals surface area contributed by atoms with Crippen LogP contribution in [-0.2, 0) is 14.9 Å². The molecule has 0 aromatic heterocycles. The van der Waals surface area contributed by atoms with Gasteiger partial charge in [-0.3, -0.25) is 4.79 Å².